The maximum atomic E-state index is 10.5. The Hall–Kier alpha value is -1.39. The Morgan fingerprint density at radius 3 is 2.72 bits per heavy atom. The van der Waals surface area contributed by atoms with E-state index in [2.05, 4.69) is 24.0 Å². The number of benzene rings is 1. The number of ether oxygens (including phenoxy) is 1. The van der Waals surface area contributed by atoms with Crippen LogP contribution in [-0.2, 0) is 16.1 Å². The number of nitrogens with zero attached hydrogens (tertiary/aromatic N) is 1. The average Bonchev–Trinajstić information content (AvgIpc) is 2.27. The molecule has 0 aliphatic carbocycles. The molecule has 4 heteroatoms. The second kappa shape index (κ2) is 5.08. The standard InChI is InChI=1S/C14H19NO3/c1-11-5-3-4-6-12(11)7-15-9-14(2,10-15)18-8-13(16)17/h3-6H,7-10H2,1-2H3,(H,16,17). The number of likely N-dealkylation sites (tertiary alicyclic amines) is 1. The number of rotatable bonds is 5. The maximum Gasteiger partial charge on any atom is 0.329 e. The van der Waals surface area contributed by atoms with Crippen LogP contribution in [0.25, 0.3) is 0 Å². The van der Waals surface area contributed by atoms with Crippen LogP contribution in [0.1, 0.15) is 18.1 Å². The highest BCUT2D eigenvalue weighted by molar-refractivity contribution is 5.68. The van der Waals surface area contributed by atoms with E-state index in [0.29, 0.717) is 0 Å². The van der Waals surface area contributed by atoms with Crippen molar-refractivity contribution in [3.8, 4) is 0 Å². The van der Waals surface area contributed by atoms with E-state index >= 15 is 0 Å². The van der Waals surface area contributed by atoms with Gasteiger partial charge in [-0.3, -0.25) is 4.90 Å². The molecule has 1 aliphatic rings. The van der Waals surface area contributed by atoms with E-state index in [9.17, 15) is 4.79 Å². The van der Waals surface area contributed by atoms with Crippen LogP contribution in [0, 0.1) is 6.92 Å². The van der Waals surface area contributed by atoms with Crippen LogP contribution in [0.2, 0.25) is 0 Å². The minimum absolute atomic E-state index is 0.214. The van der Waals surface area contributed by atoms with E-state index in [-0.39, 0.29) is 12.2 Å². The van der Waals surface area contributed by atoms with Crippen molar-refractivity contribution in [2.24, 2.45) is 0 Å². The number of aliphatic carboxylic acids is 1. The summed E-state index contributed by atoms with van der Waals surface area (Å²) in [7, 11) is 0. The molecular formula is C14H19NO3. The van der Waals surface area contributed by atoms with Crippen molar-refractivity contribution in [3.05, 3.63) is 35.4 Å². The van der Waals surface area contributed by atoms with E-state index < -0.39 is 5.97 Å². The summed E-state index contributed by atoms with van der Waals surface area (Å²) in [4.78, 5) is 12.7. The van der Waals surface area contributed by atoms with Crippen LogP contribution in [0.4, 0.5) is 0 Å². The lowest BCUT2D eigenvalue weighted by Gasteiger charge is -2.47. The summed E-state index contributed by atoms with van der Waals surface area (Å²) >= 11 is 0. The molecule has 0 spiro atoms. The molecule has 4 nitrogen and oxygen atoms in total. The summed E-state index contributed by atoms with van der Waals surface area (Å²) in [5.41, 5.74) is 2.30. The number of hydrogen-bond donors (Lipinski definition) is 1. The largest absolute Gasteiger partial charge is 0.480 e. The Morgan fingerprint density at radius 1 is 1.44 bits per heavy atom. The number of carbonyl (C=O) groups is 1. The quantitative estimate of drug-likeness (QED) is 0.862. The van der Waals surface area contributed by atoms with Crippen LogP contribution >= 0.6 is 0 Å². The summed E-state index contributed by atoms with van der Waals surface area (Å²) in [6, 6.07) is 8.32. The van der Waals surface area contributed by atoms with Crippen molar-refractivity contribution in [1.29, 1.82) is 0 Å². The van der Waals surface area contributed by atoms with Gasteiger partial charge in [-0.15, -0.1) is 0 Å². The molecule has 1 saturated heterocycles. The fraction of sp³-hybridized carbons (Fsp3) is 0.500. The first-order chi connectivity index (χ1) is 8.48. The van der Waals surface area contributed by atoms with Crippen molar-refractivity contribution >= 4 is 5.97 Å². The molecule has 0 radical (unpaired) electrons. The first kappa shape index (κ1) is 13.1. The third-order valence-electron chi connectivity index (χ3n) is 3.32. The number of carboxylic acid groups (broad SMARTS) is 1. The highest BCUT2D eigenvalue weighted by Crippen LogP contribution is 2.26. The molecule has 1 aromatic rings. The van der Waals surface area contributed by atoms with Crippen LogP contribution in [-0.4, -0.2) is 41.3 Å². The van der Waals surface area contributed by atoms with Gasteiger partial charge in [0, 0.05) is 19.6 Å². The molecule has 0 amide bonds. The van der Waals surface area contributed by atoms with Crippen LogP contribution < -0.4 is 0 Å². The third-order valence-corrected chi connectivity index (χ3v) is 3.32. The Bertz CT molecular complexity index is 438. The number of aryl methyl sites for hydroxylation is 1. The molecule has 1 aromatic carbocycles. The molecule has 1 aliphatic heterocycles. The van der Waals surface area contributed by atoms with Gasteiger partial charge in [-0.2, -0.15) is 0 Å². The van der Waals surface area contributed by atoms with E-state index in [1.807, 2.05) is 19.1 Å². The maximum absolute atomic E-state index is 10.5. The first-order valence-electron chi connectivity index (χ1n) is 6.11. The van der Waals surface area contributed by atoms with Crippen molar-refractivity contribution in [1.82, 2.24) is 4.90 Å². The van der Waals surface area contributed by atoms with Gasteiger partial charge in [-0.05, 0) is 25.0 Å². The second-order valence-electron chi connectivity index (χ2n) is 5.20. The zero-order valence-electron chi connectivity index (χ0n) is 10.8. The zero-order chi connectivity index (χ0) is 13.2. The van der Waals surface area contributed by atoms with Gasteiger partial charge in [0.1, 0.15) is 6.61 Å². The highest BCUT2D eigenvalue weighted by atomic mass is 16.5. The summed E-state index contributed by atoms with van der Waals surface area (Å²) in [5.74, 6) is -0.909. The summed E-state index contributed by atoms with van der Waals surface area (Å²) in [5, 5.41) is 8.60. The van der Waals surface area contributed by atoms with Gasteiger partial charge in [-0.1, -0.05) is 24.3 Å². The lowest BCUT2D eigenvalue weighted by molar-refractivity contribution is -0.165. The normalized spacial score (nSPS) is 18.3. The topological polar surface area (TPSA) is 49.8 Å². The van der Waals surface area contributed by atoms with Gasteiger partial charge in [0.15, 0.2) is 0 Å². The third kappa shape index (κ3) is 3.09. The van der Waals surface area contributed by atoms with Gasteiger partial charge in [-0.25, -0.2) is 4.79 Å². The molecule has 18 heavy (non-hydrogen) atoms. The van der Waals surface area contributed by atoms with Gasteiger partial charge >= 0.3 is 5.97 Å². The van der Waals surface area contributed by atoms with E-state index in [0.717, 1.165) is 19.6 Å². The van der Waals surface area contributed by atoms with Crippen molar-refractivity contribution in [2.45, 2.75) is 26.0 Å². The monoisotopic (exact) mass is 249 g/mol. The molecule has 0 atom stereocenters. The Balaban J connectivity index is 1.82. The predicted molar refractivity (Wildman–Crippen MR) is 68.4 cm³/mol. The van der Waals surface area contributed by atoms with Gasteiger partial charge in [0.2, 0.25) is 0 Å². The molecule has 98 valence electrons. The Morgan fingerprint density at radius 2 is 2.11 bits per heavy atom. The number of carboxylic acids is 1. The molecule has 0 bridgehead atoms. The molecule has 0 unspecified atom stereocenters. The summed E-state index contributed by atoms with van der Waals surface area (Å²) < 4.78 is 5.38. The fourth-order valence-electron chi connectivity index (χ4n) is 2.37. The van der Waals surface area contributed by atoms with Crippen molar-refractivity contribution in [2.75, 3.05) is 19.7 Å². The van der Waals surface area contributed by atoms with Gasteiger partial charge in [0.05, 0.1) is 5.60 Å². The van der Waals surface area contributed by atoms with Crippen LogP contribution in [0.15, 0.2) is 24.3 Å². The van der Waals surface area contributed by atoms with Gasteiger partial charge < -0.3 is 9.84 Å². The number of hydrogen-bond acceptors (Lipinski definition) is 3. The van der Waals surface area contributed by atoms with E-state index in [1.165, 1.54) is 11.1 Å². The minimum Gasteiger partial charge on any atom is -0.480 e. The fourth-order valence-corrected chi connectivity index (χ4v) is 2.37. The molecule has 1 fully saturated rings. The summed E-state index contributed by atoms with van der Waals surface area (Å²) in [6.45, 7) is 6.33. The first-order valence-corrected chi connectivity index (χ1v) is 6.11. The lowest BCUT2D eigenvalue weighted by Crippen LogP contribution is -2.61. The highest BCUT2D eigenvalue weighted by Gasteiger charge is 2.39. The lowest BCUT2D eigenvalue weighted by atomic mass is 9.95. The minimum atomic E-state index is -0.909. The Kier molecular flexibility index (Phi) is 3.68. The zero-order valence-corrected chi connectivity index (χ0v) is 10.8. The SMILES string of the molecule is Cc1ccccc1CN1CC(C)(OCC(=O)O)C1. The smallest absolute Gasteiger partial charge is 0.329 e. The average molecular weight is 249 g/mol. The molecular weight excluding hydrogens is 230 g/mol. The van der Waals surface area contributed by atoms with Crippen molar-refractivity contribution < 1.29 is 14.6 Å². The second-order valence-corrected chi connectivity index (χ2v) is 5.20. The molecule has 2 rings (SSSR count). The molecule has 0 saturated carbocycles. The molecule has 1 heterocycles. The molecule has 0 aromatic heterocycles. The van der Waals surface area contributed by atoms with Crippen LogP contribution in [0.3, 0.4) is 0 Å². The van der Waals surface area contributed by atoms with Crippen LogP contribution in [0.5, 0.6) is 0 Å². The van der Waals surface area contributed by atoms with E-state index in [1.54, 1.807) is 0 Å². The summed E-state index contributed by atoms with van der Waals surface area (Å²) in [6.07, 6.45) is 0. The van der Waals surface area contributed by atoms with Crippen molar-refractivity contribution in [3.63, 3.8) is 0 Å². The van der Waals surface area contributed by atoms with Gasteiger partial charge in [0.25, 0.3) is 0 Å². The Labute approximate surface area is 107 Å². The predicted octanol–water partition coefficient (Wildman–Crippen LogP) is 1.67. The van der Waals surface area contributed by atoms with E-state index in [4.69, 9.17) is 9.84 Å². The molecule has 1 N–H and O–H groups in total.